The van der Waals surface area contributed by atoms with Gasteiger partial charge in [-0.05, 0) is 38.1 Å². The Morgan fingerprint density at radius 2 is 2.20 bits per heavy atom. The van der Waals surface area contributed by atoms with Crippen molar-refractivity contribution in [1.29, 1.82) is 0 Å². The summed E-state index contributed by atoms with van der Waals surface area (Å²) in [6.07, 6.45) is 1.49. The van der Waals surface area contributed by atoms with Crippen molar-refractivity contribution in [3.05, 3.63) is 40.1 Å². The van der Waals surface area contributed by atoms with Crippen molar-refractivity contribution < 1.29 is 18.7 Å². The van der Waals surface area contributed by atoms with E-state index >= 15 is 0 Å². The molecule has 0 aliphatic carbocycles. The number of benzene rings is 1. The van der Waals surface area contributed by atoms with Crippen LogP contribution in [0.25, 0.3) is 6.08 Å². The molecule has 1 rings (SSSR count). The molecule has 0 saturated carbocycles. The van der Waals surface area contributed by atoms with Gasteiger partial charge >= 0.3 is 5.97 Å². The van der Waals surface area contributed by atoms with Crippen LogP contribution in [0.3, 0.4) is 0 Å². The van der Waals surface area contributed by atoms with Crippen LogP contribution in [0.5, 0.6) is 0 Å². The second-order valence-corrected chi connectivity index (χ2v) is 4.89. The number of carbonyl (C=O) groups is 2. The summed E-state index contributed by atoms with van der Waals surface area (Å²) in [4.78, 5) is 22.9. The fraction of sp³-hybridized carbons (Fsp3) is 0.286. The third-order valence-corrected chi connectivity index (χ3v) is 2.86. The number of hydrogen-bond acceptors (Lipinski definition) is 3. The average Bonchev–Trinajstić information content (AvgIpc) is 2.40. The van der Waals surface area contributed by atoms with E-state index in [9.17, 15) is 14.0 Å². The molecule has 1 amide bonds. The highest BCUT2D eigenvalue weighted by Crippen LogP contribution is 2.16. The molecule has 0 aliphatic rings. The van der Waals surface area contributed by atoms with Gasteiger partial charge in [-0.3, -0.25) is 4.79 Å². The fourth-order valence-electron chi connectivity index (χ4n) is 1.39. The van der Waals surface area contributed by atoms with Crippen LogP contribution in [-0.4, -0.2) is 24.5 Å². The number of nitrogens with one attached hydrogen (secondary N) is 1. The molecule has 108 valence electrons. The number of rotatable bonds is 5. The number of amides is 1. The minimum Gasteiger partial charge on any atom is -0.449 e. The number of esters is 1. The summed E-state index contributed by atoms with van der Waals surface area (Å²) >= 11 is 3.21. The molecule has 0 saturated heterocycles. The van der Waals surface area contributed by atoms with E-state index in [4.69, 9.17) is 4.74 Å². The molecule has 1 aromatic carbocycles. The minimum atomic E-state index is -0.889. The van der Waals surface area contributed by atoms with Gasteiger partial charge < -0.3 is 10.1 Å². The van der Waals surface area contributed by atoms with Crippen LogP contribution >= 0.6 is 15.9 Å². The topological polar surface area (TPSA) is 55.4 Å². The van der Waals surface area contributed by atoms with Gasteiger partial charge in [0.2, 0.25) is 0 Å². The lowest BCUT2D eigenvalue weighted by Crippen LogP contribution is -2.35. The maximum Gasteiger partial charge on any atom is 0.331 e. The van der Waals surface area contributed by atoms with Gasteiger partial charge in [0.15, 0.2) is 6.10 Å². The van der Waals surface area contributed by atoms with E-state index in [1.807, 2.05) is 0 Å². The summed E-state index contributed by atoms with van der Waals surface area (Å²) < 4.78 is 19.0. The predicted octanol–water partition coefficient (Wildman–Crippen LogP) is 2.67. The van der Waals surface area contributed by atoms with Gasteiger partial charge in [0.1, 0.15) is 5.82 Å². The highest BCUT2D eigenvalue weighted by atomic mass is 79.9. The lowest BCUT2D eigenvalue weighted by Gasteiger charge is -2.10. The molecule has 0 bridgehead atoms. The van der Waals surface area contributed by atoms with Crippen LogP contribution in [-0.2, 0) is 14.3 Å². The Bertz CT molecular complexity index is 531. The number of likely N-dealkylation sites (N-methyl/N-ethyl adjacent to an activating group) is 1. The maximum absolute atomic E-state index is 13.4. The van der Waals surface area contributed by atoms with Crippen molar-refractivity contribution in [2.24, 2.45) is 0 Å². The Morgan fingerprint density at radius 3 is 2.85 bits per heavy atom. The number of hydrogen-bond donors (Lipinski definition) is 1. The van der Waals surface area contributed by atoms with Crippen molar-refractivity contribution in [3.8, 4) is 0 Å². The summed E-state index contributed by atoms with van der Waals surface area (Å²) in [5, 5.41) is 2.53. The molecule has 0 fully saturated rings. The predicted molar refractivity (Wildman–Crippen MR) is 77.4 cm³/mol. The zero-order valence-corrected chi connectivity index (χ0v) is 12.7. The summed E-state index contributed by atoms with van der Waals surface area (Å²) in [6.45, 7) is 3.69. The van der Waals surface area contributed by atoms with Crippen LogP contribution in [0.15, 0.2) is 28.7 Å². The van der Waals surface area contributed by atoms with Gasteiger partial charge in [0.05, 0.1) is 0 Å². The molecule has 0 heterocycles. The van der Waals surface area contributed by atoms with Crippen LogP contribution in [0, 0.1) is 5.82 Å². The Hall–Kier alpha value is -1.69. The first-order valence-corrected chi connectivity index (χ1v) is 6.84. The maximum atomic E-state index is 13.4. The van der Waals surface area contributed by atoms with Crippen molar-refractivity contribution in [2.45, 2.75) is 20.0 Å². The third kappa shape index (κ3) is 5.13. The van der Waals surface area contributed by atoms with Gasteiger partial charge in [0, 0.05) is 22.7 Å². The molecule has 0 aliphatic heterocycles. The van der Waals surface area contributed by atoms with E-state index in [-0.39, 0.29) is 11.5 Å². The third-order valence-electron chi connectivity index (χ3n) is 2.37. The van der Waals surface area contributed by atoms with Crippen LogP contribution in [0.2, 0.25) is 0 Å². The molecule has 1 aromatic rings. The summed E-state index contributed by atoms with van der Waals surface area (Å²) in [5.74, 6) is -1.53. The Morgan fingerprint density at radius 1 is 1.50 bits per heavy atom. The van der Waals surface area contributed by atoms with Gasteiger partial charge in [-0.1, -0.05) is 15.9 Å². The van der Waals surface area contributed by atoms with E-state index in [1.165, 1.54) is 25.1 Å². The van der Waals surface area contributed by atoms with Crippen LogP contribution in [0.4, 0.5) is 4.39 Å². The number of carbonyl (C=O) groups excluding carboxylic acids is 2. The first-order valence-electron chi connectivity index (χ1n) is 6.05. The lowest BCUT2D eigenvalue weighted by atomic mass is 10.2. The summed E-state index contributed by atoms with van der Waals surface area (Å²) in [7, 11) is 0. The standard InChI is InChI=1S/C14H15BrFNO3/c1-3-17-14(19)9(2)20-13(18)7-4-10-8-11(15)5-6-12(10)16/h4-9H,3H2,1-2H3,(H,17,19)/b7-4+/t9-/m0/s1. The molecule has 0 spiro atoms. The van der Waals surface area contributed by atoms with Crippen molar-refractivity contribution in [2.75, 3.05) is 6.54 Å². The van der Waals surface area contributed by atoms with E-state index in [1.54, 1.807) is 13.0 Å². The zero-order valence-electron chi connectivity index (χ0n) is 11.2. The summed E-state index contributed by atoms with van der Waals surface area (Å²) in [5.41, 5.74) is 0.252. The smallest absolute Gasteiger partial charge is 0.331 e. The molecule has 20 heavy (non-hydrogen) atoms. The normalized spacial score (nSPS) is 12.2. The van der Waals surface area contributed by atoms with Crippen molar-refractivity contribution in [3.63, 3.8) is 0 Å². The molecular weight excluding hydrogens is 329 g/mol. The molecule has 4 nitrogen and oxygen atoms in total. The van der Waals surface area contributed by atoms with Crippen LogP contribution in [0.1, 0.15) is 19.4 Å². The monoisotopic (exact) mass is 343 g/mol. The highest BCUT2D eigenvalue weighted by molar-refractivity contribution is 9.10. The van der Waals surface area contributed by atoms with E-state index < -0.39 is 17.9 Å². The molecule has 0 radical (unpaired) electrons. The van der Waals surface area contributed by atoms with E-state index in [0.717, 1.165) is 6.08 Å². The largest absolute Gasteiger partial charge is 0.449 e. The van der Waals surface area contributed by atoms with Crippen LogP contribution < -0.4 is 5.32 Å². The highest BCUT2D eigenvalue weighted by Gasteiger charge is 2.15. The number of halogens is 2. The molecule has 0 unspecified atom stereocenters. The first kappa shape index (κ1) is 16.4. The number of ether oxygens (including phenoxy) is 1. The van der Waals surface area contributed by atoms with Gasteiger partial charge in [-0.15, -0.1) is 0 Å². The molecular formula is C14H15BrFNO3. The Balaban J connectivity index is 2.64. The molecule has 6 heteroatoms. The Kier molecular flexibility index (Phi) is 6.38. The van der Waals surface area contributed by atoms with Crippen molar-refractivity contribution in [1.82, 2.24) is 5.32 Å². The van der Waals surface area contributed by atoms with Gasteiger partial charge in [-0.2, -0.15) is 0 Å². The molecule has 1 atom stereocenters. The quantitative estimate of drug-likeness (QED) is 0.660. The summed E-state index contributed by atoms with van der Waals surface area (Å²) in [6, 6.07) is 4.38. The minimum absolute atomic E-state index is 0.252. The zero-order chi connectivity index (χ0) is 15.1. The SMILES string of the molecule is CCNC(=O)[C@H](C)OC(=O)/C=C/c1cc(Br)ccc1F. The van der Waals surface area contributed by atoms with Crippen molar-refractivity contribution >= 4 is 33.9 Å². The second-order valence-electron chi connectivity index (χ2n) is 3.97. The van der Waals surface area contributed by atoms with E-state index in [2.05, 4.69) is 21.2 Å². The van der Waals surface area contributed by atoms with Gasteiger partial charge in [-0.25, -0.2) is 9.18 Å². The second kappa shape index (κ2) is 7.79. The molecule has 0 aromatic heterocycles. The fourth-order valence-corrected chi connectivity index (χ4v) is 1.76. The average molecular weight is 344 g/mol. The van der Waals surface area contributed by atoms with E-state index in [0.29, 0.717) is 11.0 Å². The first-order chi connectivity index (χ1) is 9.43. The molecule has 1 N–H and O–H groups in total. The van der Waals surface area contributed by atoms with Gasteiger partial charge in [0.25, 0.3) is 5.91 Å². The Labute approximate surface area is 125 Å². The lowest BCUT2D eigenvalue weighted by molar-refractivity contribution is -0.150.